The average Bonchev–Trinajstić information content (AvgIpc) is 2.25. The van der Waals surface area contributed by atoms with Gasteiger partial charge in [-0.1, -0.05) is 0 Å². The van der Waals surface area contributed by atoms with Crippen LogP contribution in [-0.4, -0.2) is 43.9 Å². The lowest BCUT2D eigenvalue weighted by Gasteiger charge is -2.28. The van der Waals surface area contributed by atoms with Crippen LogP contribution in [0.1, 0.15) is 0 Å². The number of ether oxygens (including phenoxy) is 2. The smallest absolute Gasteiger partial charge is 0.411 e. The van der Waals surface area contributed by atoms with Crippen LogP contribution in [0.15, 0.2) is 0 Å². The Hall–Kier alpha value is -1.48. The molecule has 0 rings (SSSR count). The Kier molecular flexibility index (Phi) is 4.03. The molecule has 0 aliphatic rings. The lowest BCUT2D eigenvalue weighted by molar-refractivity contribution is -0.299. The van der Waals surface area contributed by atoms with Crippen molar-refractivity contribution in [1.29, 1.82) is 0 Å². The number of hydrogen-bond donors (Lipinski definition) is 0. The maximum Gasteiger partial charge on any atom is 0.411 e. The summed E-state index contributed by atoms with van der Waals surface area (Å²) < 4.78 is 82.7. The van der Waals surface area contributed by atoms with Gasteiger partial charge in [-0.15, -0.1) is 0 Å². The number of carbonyl (C=O) groups excluding carboxylic acids is 2. The van der Waals surface area contributed by atoms with Crippen molar-refractivity contribution in [2.45, 2.75) is 17.8 Å². The van der Waals surface area contributed by atoms with Gasteiger partial charge < -0.3 is 9.47 Å². The number of halogens is 6. The van der Waals surface area contributed by atoms with Crippen LogP contribution >= 0.6 is 0 Å². The highest BCUT2D eigenvalue weighted by atomic mass is 19.3. The number of carbonyl (C=O) groups is 2. The summed E-state index contributed by atoms with van der Waals surface area (Å²) in [5, 5.41) is 0. The van der Waals surface area contributed by atoms with Gasteiger partial charge in [0, 0.05) is 0 Å². The van der Waals surface area contributed by atoms with Crippen LogP contribution in [0.4, 0.5) is 26.3 Å². The summed E-state index contributed by atoms with van der Waals surface area (Å²) in [4.78, 5) is 20.6. The summed E-state index contributed by atoms with van der Waals surface area (Å²) in [6, 6.07) is 0. The van der Waals surface area contributed by atoms with Crippen LogP contribution in [0, 0.1) is 0 Å². The highest BCUT2D eigenvalue weighted by Crippen LogP contribution is 2.46. The summed E-state index contributed by atoms with van der Waals surface area (Å²) in [7, 11) is 0.589. The van der Waals surface area contributed by atoms with Crippen molar-refractivity contribution in [1.82, 2.24) is 0 Å². The van der Waals surface area contributed by atoms with Crippen LogP contribution in [-0.2, 0) is 19.1 Å². The van der Waals surface area contributed by atoms with Crippen LogP contribution in [0.3, 0.4) is 0 Å². The summed E-state index contributed by atoms with van der Waals surface area (Å²) in [5.41, 5.74) is 0. The van der Waals surface area contributed by atoms with E-state index in [1.165, 1.54) is 0 Å². The Morgan fingerprint density at radius 1 is 0.765 bits per heavy atom. The van der Waals surface area contributed by atoms with E-state index in [2.05, 4.69) is 9.47 Å². The van der Waals surface area contributed by atoms with E-state index < -0.39 is 29.7 Å². The van der Waals surface area contributed by atoms with Gasteiger partial charge in [-0.3, -0.25) is 0 Å². The Morgan fingerprint density at radius 3 is 1.18 bits per heavy atom. The molecular weight excluding hydrogens is 262 g/mol. The molecule has 0 saturated heterocycles. The second-order valence-electron chi connectivity index (χ2n) is 2.71. The molecule has 0 radical (unpaired) electrons. The molecule has 0 aromatic heterocycles. The van der Waals surface area contributed by atoms with E-state index in [0.717, 1.165) is 0 Å². The molecule has 0 N–H and O–H groups in total. The van der Waals surface area contributed by atoms with Crippen molar-refractivity contribution in [3.05, 3.63) is 0 Å². The maximum absolute atomic E-state index is 12.8. The van der Waals surface area contributed by atoms with Crippen LogP contribution < -0.4 is 0 Å². The fraction of sp³-hybridized carbons (Fsp3) is 0.714. The van der Waals surface area contributed by atoms with E-state index in [9.17, 15) is 35.9 Å². The van der Waals surface area contributed by atoms with Gasteiger partial charge in [-0.2, -0.15) is 26.3 Å². The highest BCUT2D eigenvalue weighted by Gasteiger charge is 2.79. The zero-order chi connectivity index (χ0) is 14.1. The van der Waals surface area contributed by atoms with Gasteiger partial charge in [0.05, 0.1) is 14.2 Å². The Labute approximate surface area is 90.5 Å². The molecule has 0 saturated carbocycles. The Morgan fingerprint density at radius 2 is 1.00 bits per heavy atom. The lowest BCUT2D eigenvalue weighted by atomic mass is 10.0. The predicted molar refractivity (Wildman–Crippen MR) is 38.9 cm³/mol. The normalized spacial score (nSPS) is 13.2. The van der Waals surface area contributed by atoms with Gasteiger partial charge in [-0.05, 0) is 0 Å². The minimum Gasteiger partial charge on any atom is -0.464 e. The molecule has 0 fully saturated rings. The lowest BCUT2D eigenvalue weighted by Crippen LogP contribution is -2.61. The van der Waals surface area contributed by atoms with Crippen molar-refractivity contribution in [2.24, 2.45) is 0 Å². The second-order valence-corrected chi connectivity index (χ2v) is 2.71. The third-order valence-corrected chi connectivity index (χ3v) is 1.67. The predicted octanol–water partition coefficient (Wildman–Crippen LogP) is 1.24. The molecule has 0 atom stereocenters. The van der Waals surface area contributed by atoms with Gasteiger partial charge in [0.2, 0.25) is 0 Å². The average molecular weight is 268 g/mol. The topological polar surface area (TPSA) is 52.6 Å². The number of methoxy groups -OCH3 is 2. The third-order valence-electron chi connectivity index (χ3n) is 1.67. The van der Waals surface area contributed by atoms with Crippen LogP contribution in [0.25, 0.3) is 0 Å². The van der Waals surface area contributed by atoms with Gasteiger partial charge in [0.15, 0.2) is 0 Å². The quantitative estimate of drug-likeness (QED) is 0.568. The van der Waals surface area contributed by atoms with Gasteiger partial charge in [-0.25, -0.2) is 9.59 Å². The number of esters is 2. The summed E-state index contributed by atoms with van der Waals surface area (Å²) in [5.74, 6) is -23.8. The second kappa shape index (κ2) is 4.41. The van der Waals surface area contributed by atoms with E-state index in [1.54, 1.807) is 0 Å². The van der Waals surface area contributed by atoms with E-state index >= 15 is 0 Å². The number of alkyl halides is 6. The largest absolute Gasteiger partial charge is 0.464 e. The standard InChI is InChI=1S/C7H6F6O4/c1-16-3(14)5(8,9)7(12,13)6(10,11)4(15)17-2/h1-2H3. The SMILES string of the molecule is COC(=O)C(F)(F)C(F)(F)C(F)(F)C(=O)OC. The molecule has 17 heavy (non-hydrogen) atoms. The molecule has 0 bridgehead atoms. The zero-order valence-electron chi connectivity index (χ0n) is 8.40. The van der Waals surface area contributed by atoms with Crippen molar-refractivity contribution in [3.8, 4) is 0 Å². The fourth-order valence-electron chi connectivity index (χ4n) is 0.710. The molecule has 0 aromatic rings. The first kappa shape index (κ1) is 15.5. The van der Waals surface area contributed by atoms with Gasteiger partial charge >= 0.3 is 29.7 Å². The van der Waals surface area contributed by atoms with Crippen molar-refractivity contribution < 1.29 is 45.4 Å². The zero-order valence-corrected chi connectivity index (χ0v) is 8.40. The molecular formula is C7H6F6O4. The maximum atomic E-state index is 12.8. The molecule has 100 valence electrons. The first-order valence-electron chi connectivity index (χ1n) is 3.77. The first-order chi connectivity index (χ1) is 7.46. The number of hydrogen-bond acceptors (Lipinski definition) is 4. The van der Waals surface area contributed by atoms with Gasteiger partial charge in [0.25, 0.3) is 0 Å². The summed E-state index contributed by atoms with van der Waals surface area (Å²) in [6.07, 6.45) is 0. The van der Waals surface area contributed by atoms with Gasteiger partial charge in [0.1, 0.15) is 0 Å². The molecule has 0 heterocycles. The third kappa shape index (κ3) is 2.15. The Balaban J connectivity index is 5.54. The molecule has 10 heteroatoms. The fourth-order valence-corrected chi connectivity index (χ4v) is 0.710. The minimum absolute atomic E-state index is 0.294. The summed E-state index contributed by atoms with van der Waals surface area (Å²) >= 11 is 0. The van der Waals surface area contributed by atoms with E-state index in [0.29, 0.717) is 14.2 Å². The highest BCUT2D eigenvalue weighted by molar-refractivity contribution is 5.84. The van der Waals surface area contributed by atoms with Crippen molar-refractivity contribution in [3.63, 3.8) is 0 Å². The Bertz CT molecular complexity index is 296. The van der Waals surface area contributed by atoms with Crippen LogP contribution in [0.5, 0.6) is 0 Å². The molecule has 0 unspecified atom stereocenters. The number of rotatable bonds is 4. The van der Waals surface area contributed by atoms with E-state index in [-0.39, 0.29) is 0 Å². The molecule has 0 aliphatic carbocycles. The molecule has 0 amide bonds. The monoisotopic (exact) mass is 268 g/mol. The molecule has 0 spiro atoms. The van der Waals surface area contributed by atoms with Crippen LogP contribution in [0.2, 0.25) is 0 Å². The van der Waals surface area contributed by atoms with E-state index in [1.807, 2.05) is 0 Å². The first-order valence-corrected chi connectivity index (χ1v) is 3.77. The molecule has 0 aromatic carbocycles. The van der Waals surface area contributed by atoms with Crippen molar-refractivity contribution >= 4 is 11.9 Å². The van der Waals surface area contributed by atoms with E-state index in [4.69, 9.17) is 0 Å². The summed E-state index contributed by atoms with van der Waals surface area (Å²) in [6.45, 7) is 0. The minimum atomic E-state index is -6.28. The molecule has 0 aliphatic heterocycles. The molecule has 4 nitrogen and oxygen atoms in total. The van der Waals surface area contributed by atoms with Crippen molar-refractivity contribution in [2.75, 3.05) is 14.2 Å².